The molecule has 0 heterocycles. The van der Waals surface area contributed by atoms with E-state index in [0.717, 1.165) is 96.3 Å². The van der Waals surface area contributed by atoms with Crippen molar-refractivity contribution in [2.75, 3.05) is 13.2 Å². The Balaban J connectivity index is 4.66. The number of carbonyl (C=O) groups is 3. The first kappa shape index (κ1) is 61.0. The minimum absolute atomic E-state index is 0.151. The lowest BCUT2D eigenvalue weighted by atomic mass is 10.2. The summed E-state index contributed by atoms with van der Waals surface area (Å²) in [5.74, 6) is -1.15. The summed E-state index contributed by atoms with van der Waals surface area (Å²) in [4.78, 5) is 37.9. The lowest BCUT2D eigenvalue weighted by Crippen LogP contribution is -2.30. The average molecular weight is 907 g/mol. The molecule has 6 nitrogen and oxygen atoms in total. The molecular weight excluding hydrogens is 817 g/mol. The van der Waals surface area contributed by atoms with Crippen LogP contribution in [0.3, 0.4) is 0 Å². The number of rotatable bonds is 43. The summed E-state index contributed by atoms with van der Waals surface area (Å²) in [6, 6.07) is 0. The van der Waals surface area contributed by atoms with Crippen molar-refractivity contribution < 1.29 is 28.6 Å². The second-order valence-electron chi connectivity index (χ2n) is 16.0. The van der Waals surface area contributed by atoms with Gasteiger partial charge in [-0.05, 0) is 128 Å². The molecule has 0 aliphatic rings. The molecule has 0 saturated heterocycles. The van der Waals surface area contributed by atoms with Gasteiger partial charge < -0.3 is 14.2 Å². The van der Waals surface area contributed by atoms with Gasteiger partial charge in [0.15, 0.2) is 6.10 Å². The Bertz CT molecular complexity index is 1560. The van der Waals surface area contributed by atoms with Crippen LogP contribution in [0.5, 0.6) is 0 Å². The van der Waals surface area contributed by atoms with Crippen molar-refractivity contribution in [3.05, 3.63) is 158 Å². The Morgan fingerprint density at radius 2 is 0.621 bits per heavy atom. The molecule has 66 heavy (non-hydrogen) atoms. The summed E-state index contributed by atoms with van der Waals surface area (Å²) in [7, 11) is 0. The molecule has 0 amide bonds. The summed E-state index contributed by atoms with van der Waals surface area (Å²) in [5, 5.41) is 0. The molecule has 1 unspecified atom stereocenters. The Labute approximate surface area is 403 Å². The largest absolute Gasteiger partial charge is 0.462 e. The number of carbonyl (C=O) groups excluding carboxylic acids is 3. The van der Waals surface area contributed by atoms with Gasteiger partial charge in [-0.1, -0.05) is 192 Å². The number of esters is 3. The Morgan fingerprint density at radius 1 is 0.318 bits per heavy atom. The Hall–Kier alpha value is -4.97. The van der Waals surface area contributed by atoms with Crippen LogP contribution in [-0.4, -0.2) is 37.2 Å². The van der Waals surface area contributed by atoms with Crippen molar-refractivity contribution in [2.24, 2.45) is 0 Å². The van der Waals surface area contributed by atoms with Gasteiger partial charge in [0.1, 0.15) is 13.2 Å². The van der Waals surface area contributed by atoms with Gasteiger partial charge in [-0.15, -0.1) is 0 Å². The van der Waals surface area contributed by atoms with Crippen LogP contribution in [0.4, 0.5) is 0 Å². The quantitative estimate of drug-likeness (QED) is 0.0262. The molecule has 0 aromatic heterocycles. The summed E-state index contributed by atoms with van der Waals surface area (Å²) < 4.78 is 16.6. The van der Waals surface area contributed by atoms with Gasteiger partial charge in [0, 0.05) is 19.3 Å². The average Bonchev–Trinajstić information content (AvgIpc) is 3.31. The van der Waals surface area contributed by atoms with E-state index >= 15 is 0 Å². The fourth-order valence-electron chi connectivity index (χ4n) is 6.00. The first-order chi connectivity index (χ1) is 32.5. The summed E-state index contributed by atoms with van der Waals surface area (Å²) >= 11 is 0. The smallest absolute Gasteiger partial charge is 0.306 e. The molecule has 6 heteroatoms. The predicted molar refractivity (Wildman–Crippen MR) is 283 cm³/mol. The van der Waals surface area contributed by atoms with E-state index in [-0.39, 0.29) is 44.4 Å². The maximum atomic E-state index is 12.8. The molecule has 0 radical (unpaired) electrons. The molecule has 0 aromatic carbocycles. The highest BCUT2D eigenvalue weighted by molar-refractivity contribution is 5.71. The predicted octanol–water partition coefficient (Wildman–Crippen LogP) is 17.0. The molecule has 0 spiro atoms. The van der Waals surface area contributed by atoms with E-state index in [0.29, 0.717) is 19.3 Å². The maximum Gasteiger partial charge on any atom is 0.306 e. The first-order valence-corrected chi connectivity index (χ1v) is 25.5. The third kappa shape index (κ3) is 50.0. The topological polar surface area (TPSA) is 78.9 Å². The van der Waals surface area contributed by atoms with E-state index < -0.39 is 12.1 Å². The summed E-state index contributed by atoms with van der Waals surface area (Å²) in [5.41, 5.74) is 0. The lowest BCUT2D eigenvalue weighted by Gasteiger charge is -2.18. The number of hydrogen-bond donors (Lipinski definition) is 0. The molecule has 0 aromatic rings. The zero-order valence-corrected chi connectivity index (χ0v) is 41.6. The van der Waals surface area contributed by atoms with Crippen molar-refractivity contribution in [1.82, 2.24) is 0 Å². The minimum Gasteiger partial charge on any atom is -0.462 e. The molecule has 366 valence electrons. The summed E-state index contributed by atoms with van der Waals surface area (Å²) in [6.45, 7) is 6.19. The van der Waals surface area contributed by atoms with Crippen LogP contribution >= 0.6 is 0 Å². The SMILES string of the molecule is CC/C=C\C/C=C\C/C=C\C/C=C\C/C=C\C/C=C\CCC(=O)OCC(COC(=O)CCCC/C=C\C/C=C\C/C=C\CC)OC(=O)CCC/C=C\C/C=C\C/C=C\C/C=C\CCCCC. The van der Waals surface area contributed by atoms with Crippen molar-refractivity contribution in [2.45, 2.75) is 187 Å². The van der Waals surface area contributed by atoms with E-state index in [1.165, 1.54) is 25.7 Å². The van der Waals surface area contributed by atoms with E-state index in [1.807, 2.05) is 12.2 Å². The van der Waals surface area contributed by atoms with Gasteiger partial charge in [-0.25, -0.2) is 0 Å². The molecule has 0 bridgehead atoms. The third-order valence-corrected chi connectivity index (χ3v) is 9.76. The number of unbranched alkanes of at least 4 members (excludes halogenated alkanes) is 6. The normalized spacial score (nSPS) is 13.4. The van der Waals surface area contributed by atoms with Gasteiger partial charge in [-0.2, -0.15) is 0 Å². The zero-order valence-electron chi connectivity index (χ0n) is 41.6. The van der Waals surface area contributed by atoms with Crippen LogP contribution in [0, 0.1) is 0 Å². The molecular formula is C60H90O6. The van der Waals surface area contributed by atoms with Crippen LogP contribution in [0.1, 0.15) is 181 Å². The van der Waals surface area contributed by atoms with Crippen molar-refractivity contribution in [3.63, 3.8) is 0 Å². The highest BCUT2D eigenvalue weighted by Crippen LogP contribution is 2.09. The molecule has 0 N–H and O–H groups in total. The van der Waals surface area contributed by atoms with Gasteiger partial charge >= 0.3 is 17.9 Å². The second kappa shape index (κ2) is 52.7. The van der Waals surface area contributed by atoms with E-state index in [4.69, 9.17) is 14.2 Å². The second-order valence-corrected chi connectivity index (χ2v) is 16.0. The van der Waals surface area contributed by atoms with E-state index in [2.05, 4.69) is 167 Å². The maximum absolute atomic E-state index is 12.8. The van der Waals surface area contributed by atoms with Crippen molar-refractivity contribution in [1.29, 1.82) is 0 Å². The lowest BCUT2D eigenvalue weighted by molar-refractivity contribution is -0.166. The standard InChI is InChI=1S/C60H90O6/c1-4-7-10-13-16-19-22-25-27-29-30-32-33-35-38-41-44-47-50-53-59(62)65-56-57(55-64-58(61)52-49-46-43-40-37-24-21-18-15-12-9-6-3)66-60(63)54-51-48-45-42-39-36-34-31-28-26-23-20-17-14-11-8-5-2/h7,9-10,12,16-21,25-28,30,32,34-38,40,42,44-45,47,57H,4-6,8,11,13-15,22-24,29,31,33,39,41,43,46,48-56H2,1-3H3/b10-7-,12-9-,19-16-,20-17-,21-18-,27-25-,28-26-,32-30-,36-34-,38-35-,40-37-,45-42-,47-44-. The molecule has 0 rings (SSSR count). The van der Waals surface area contributed by atoms with E-state index in [1.54, 1.807) is 0 Å². The number of ether oxygens (including phenoxy) is 3. The molecule has 0 aliphatic heterocycles. The van der Waals surface area contributed by atoms with Gasteiger partial charge in [-0.3, -0.25) is 14.4 Å². The van der Waals surface area contributed by atoms with Crippen LogP contribution < -0.4 is 0 Å². The summed E-state index contributed by atoms with van der Waals surface area (Å²) in [6.07, 6.45) is 76.8. The zero-order chi connectivity index (χ0) is 47.9. The van der Waals surface area contributed by atoms with Crippen LogP contribution in [0.15, 0.2) is 158 Å². The van der Waals surface area contributed by atoms with Gasteiger partial charge in [0.05, 0.1) is 0 Å². The van der Waals surface area contributed by atoms with E-state index in [9.17, 15) is 14.4 Å². The van der Waals surface area contributed by atoms with Crippen molar-refractivity contribution in [3.8, 4) is 0 Å². The van der Waals surface area contributed by atoms with Gasteiger partial charge in [0.25, 0.3) is 0 Å². The van der Waals surface area contributed by atoms with Crippen molar-refractivity contribution >= 4 is 17.9 Å². The third-order valence-electron chi connectivity index (χ3n) is 9.76. The Morgan fingerprint density at radius 3 is 1.00 bits per heavy atom. The molecule has 0 aliphatic carbocycles. The minimum atomic E-state index is -0.860. The fourth-order valence-corrected chi connectivity index (χ4v) is 6.00. The fraction of sp³-hybridized carbons (Fsp3) is 0.517. The van der Waals surface area contributed by atoms with Crippen LogP contribution in [-0.2, 0) is 28.6 Å². The highest BCUT2D eigenvalue weighted by atomic mass is 16.6. The number of hydrogen-bond acceptors (Lipinski definition) is 6. The molecule has 0 fully saturated rings. The Kier molecular flexibility index (Phi) is 48.7. The molecule has 1 atom stereocenters. The first-order valence-electron chi connectivity index (χ1n) is 25.5. The molecule has 0 saturated carbocycles. The monoisotopic (exact) mass is 907 g/mol. The number of allylic oxidation sites excluding steroid dienone is 26. The van der Waals surface area contributed by atoms with Crippen LogP contribution in [0.2, 0.25) is 0 Å². The van der Waals surface area contributed by atoms with Crippen LogP contribution in [0.25, 0.3) is 0 Å². The highest BCUT2D eigenvalue weighted by Gasteiger charge is 2.19. The van der Waals surface area contributed by atoms with Gasteiger partial charge in [0.2, 0.25) is 0 Å².